The Morgan fingerprint density at radius 3 is 2.77 bits per heavy atom. The number of anilines is 2. The van der Waals surface area contributed by atoms with E-state index in [4.69, 9.17) is 4.74 Å². The van der Waals surface area contributed by atoms with Gasteiger partial charge in [-0.2, -0.15) is 0 Å². The Balaban J connectivity index is 1.26. The Labute approximate surface area is 204 Å². The summed E-state index contributed by atoms with van der Waals surface area (Å²) in [5, 5.41) is 7.15. The Morgan fingerprint density at radius 1 is 1.17 bits per heavy atom. The van der Waals surface area contributed by atoms with Gasteiger partial charge in [0.1, 0.15) is 12.4 Å². The molecule has 3 heterocycles. The molecule has 2 aliphatic heterocycles. The lowest BCUT2D eigenvalue weighted by atomic mass is 10.0. The van der Waals surface area contributed by atoms with E-state index in [-0.39, 0.29) is 17.8 Å². The van der Waals surface area contributed by atoms with Crippen LogP contribution in [0.25, 0.3) is 0 Å². The number of carbonyl (C=O) groups is 2. The summed E-state index contributed by atoms with van der Waals surface area (Å²) < 4.78 is 7.11. The second-order valence-corrected chi connectivity index (χ2v) is 9.12. The van der Waals surface area contributed by atoms with Gasteiger partial charge in [-0.15, -0.1) is 5.10 Å². The average Bonchev–Trinajstić information content (AvgIpc) is 3.54. The van der Waals surface area contributed by atoms with Crippen LogP contribution in [-0.4, -0.2) is 66.0 Å². The number of nitrogens with one attached hydrogen (secondary N) is 1. The second-order valence-electron chi connectivity index (χ2n) is 9.12. The zero-order valence-electron chi connectivity index (χ0n) is 20.1. The highest BCUT2D eigenvalue weighted by Gasteiger charge is 2.31. The van der Waals surface area contributed by atoms with Gasteiger partial charge in [0, 0.05) is 38.6 Å². The van der Waals surface area contributed by atoms with Crippen LogP contribution in [0.4, 0.5) is 11.4 Å². The molecular weight excluding hydrogens is 444 g/mol. The van der Waals surface area contributed by atoms with Crippen LogP contribution in [0.3, 0.4) is 0 Å². The SMILES string of the molecule is CO[C@H]1CCN(c2ccc3c(c2)N(C)C(=O)[C@@H](NC(=O)c2ncn(Cc4ccccc4)n2)CC3)C1. The monoisotopic (exact) mass is 474 g/mol. The third-order valence-corrected chi connectivity index (χ3v) is 6.84. The van der Waals surface area contributed by atoms with Crippen molar-refractivity contribution in [2.45, 2.75) is 38.0 Å². The molecule has 1 N–H and O–H groups in total. The molecule has 2 aliphatic rings. The Morgan fingerprint density at radius 2 is 2.00 bits per heavy atom. The maximum absolute atomic E-state index is 13.3. The number of aromatic nitrogens is 3. The van der Waals surface area contributed by atoms with E-state index in [1.165, 1.54) is 6.33 Å². The number of nitrogens with zero attached hydrogens (tertiary/aromatic N) is 5. The van der Waals surface area contributed by atoms with E-state index in [1.54, 1.807) is 23.7 Å². The number of hydrogen-bond acceptors (Lipinski definition) is 6. The van der Waals surface area contributed by atoms with Gasteiger partial charge in [-0.1, -0.05) is 36.4 Å². The number of rotatable bonds is 6. The van der Waals surface area contributed by atoms with Crippen LogP contribution >= 0.6 is 0 Å². The summed E-state index contributed by atoms with van der Waals surface area (Å²) in [6.07, 6.45) is 3.96. The Bertz CT molecular complexity index is 1210. The molecule has 9 nitrogen and oxygen atoms in total. The molecule has 1 saturated heterocycles. The second kappa shape index (κ2) is 9.87. The van der Waals surface area contributed by atoms with Crippen molar-refractivity contribution in [3.63, 3.8) is 0 Å². The van der Waals surface area contributed by atoms with Gasteiger partial charge in [0.25, 0.3) is 5.91 Å². The molecular formula is C26H30N6O3. The maximum atomic E-state index is 13.3. The van der Waals surface area contributed by atoms with Crippen molar-refractivity contribution < 1.29 is 14.3 Å². The highest BCUT2D eigenvalue weighted by atomic mass is 16.5. The quantitative estimate of drug-likeness (QED) is 0.589. The molecule has 1 fully saturated rings. The molecule has 2 amide bonds. The zero-order chi connectivity index (χ0) is 24.4. The minimum atomic E-state index is -0.644. The van der Waals surface area contributed by atoms with E-state index >= 15 is 0 Å². The normalized spacial score (nSPS) is 20.0. The van der Waals surface area contributed by atoms with Gasteiger partial charge in [0.05, 0.1) is 12.6 Å². The number of hydrogen-bond donors (Lipinski definition) is 1. The van der Waals surface area contributed by atoms with Crippen LogP contribution in [-0.2, 0) is 22.5 Å². The van der Waals surface area contributed by atoms with Crippen molar-refractivity contribution >= 4 is 23.2 Å². The van der Waals surface area contributed by atoms with E-state index in [1.807, 2.05) is 30.3 Å². The molecule has 182 valence electrons. The van der Waals surface area contributed by atoms with Crippen molar-refractivity contribution in [3.8, 4) is 0 Å². The van der Waals surface area contributed by atoms with Crippen LogP contribution < -0.4 is 15.1 Å². The molecule has 2 atom stereocenters. The number of aryl methyl sites for hydroxylation is 1. The van der Waals surface area contributed by atoms with Gasteiger partial charge in [0.2, 0.25) is 11.7 Å². The summed E-state index contributed by atoms with van der Waals surface area (Å²) >= 11 is 0. The van der Waals surface area contributed by atoms with Crippen molar-refractivity contribution in [1.82, 2.24) is 20.1 Å². The molecule has 0 unspecified atom stereocenters. The van der Waals surface area contributed by atoms with Gasteiger partial charge >= 0.3 is 0 Å². The van der Waals surface area contributed by atoms with Gasteiger partial charge < -0.3 is 19.9 Å². The highest BCUT2D eigenvalue weighted by molar-refractivity contribution is 6.02. The maximum Gasteiger partial charge on any atom is 0.291 e. The topological polar surface area (TPSA) is 92.6 Å². The van der Waals surface area contributed by atoms with Crippen LogP contribution in [0.5, 0.6) is 0 Å². The fourth-order valence-electron chi connectivity index (χ4n) is 4.81. The summed E-state index contributed by atoms with van der Waals surface area (Å²) in [7, 11) is 3.51. The van der Waals surface area contributed by atoms with Crippen LogP contribution in [0.1, 0.15) is 34.6 Å². The van der Waals surface area contributed by atoms with Crippen LogP contribution in [0, 0.1) is 0 Å². The highest BCUT2D eigenvalue weighted by Crippen LogP contribution is 2.32. The standard InChI is InChI=1S/C26H30N6O3/c1-30-23-14-20(31-13-12-21(16-31)35-2)10-8-19(23)9-11-22(26(30)34)28-25(33)24-27-17-32(29-24)15-18-6-4-3-5-7-18/h3-8,10,14,17,21-22H,9,11-13,15-16H2,1-2H3,(H,28,33)/t21-,22-/m0/s1. The molecule has 35 heavy (non-hydrogen) atoms. The van der Waals surface area contributed by atoms with Crippen molar-refractivity contribution in [1.29, 1.82) is 0 Å². The first-order valence-corrected chi connectivity index (χ1v) is 11.9. The van der Waals surface area contributed by atoms with Crippen molar-refractivity contribution in [2.75, 3.05) is 37.0 Å². The Hall–Kier alpha value is -3.72. The molecule has 0 aliphatic carbocycles. The molecule has 0 bridgehead atoms. The number of carbonyl (C=O) groups excluding carboxylic acids is 2. The summed E-state index contributed by atoms with van der Waals surface area (Å²) in [5.74, 6) is -0.533. The predicted octanol–water partition coefficient (Wildman–Crippen LogP) is 2.26. The number of fused-ring (bicyclic) bond motifs is 1. The summed E-state index contributed by atoms with van der Waals surface area (Å²) in [6.45, 7) is 2.29. The van der Waals surface area contributed by atoms with Crippen LogP contribution in [0.2, 0.25) is 0 Å². The van der Waals surface area contributed by atoms with Gasteiger partial charge in [-0.05, 0) is 42.5 Å². The molecule has 0 spiro atoms. The Kier molecular flexibility index (Phi) is 6.50. The molecule has 9 heteroatoms. The molecule has 3 aromatic rings. The number of ether oxygens (including phenoxy) is 1. The first-order valence-electron chi connectivity index (χ1n) is 11.9. The minimum absolute atomic E-state index is 0.0576. The smallest absolute Gasteiger partial charge is 0.291 e. The van der Waals surface area contributed by atoms with E-state index < -0.39 is 11.9 Å². The lowest BCUT2D eigenvalue weighted by molar-refractivity contribution is -0.120. The molecule has 5 rings (SSSR count). The molecule has 0 radical (unpaired) electrons. The van der Waals surface area contributed by atoms with Crippen molar-refractivity contribution in [3.05, 3.63) is 71.8 Å². The van der Waals surface area contributed by atoms with E-state index in [0.717, 1.165) is 42.0 Å². The van der Waals surface area contributed by atoms with E-state index in [2.05, 4.69) is 38.5 Å². The van der Waals surface area contributed by atoms with E-state index in [9.17, 15) is 9.59 Å². The third-order valence-electron chi connectivity index (χ3n) is 6.84. The first-order chi connectivity index (χ1) is 17.0. The van der Waals surface area contributed by atoms with E-state index in [0.29, 0.717) is 19.4 Å². The van der Waals surface area contributed by atoms with Crippen LogP contribution in [0.15, 0.2) is 54.9 Å². The fraction of sp³-hybridized carbons (Fsp3) is 0.385. The first kappa shape index (κ1) is 23.0. The number of methoxy groups -OCH3 is 1. The molecule has 2 aromatic carbocycles. The summed E-state index contributed by atoms with van der Waals surface area (Å²) in [4.78, 5) is 34.2. The third kappa shape index (κ3) is 4.90. The average molecular weight is 475 g/mol. The fourth-order valence-corrected chi connectivity index (χ4v) is 4.81. The number of likely N-dealkylation sites (N-methyl/N-ethyl adjacent to an activating group) is 1. The largest absolute Gasteiger partial charge is 0.380 e. The lowest BCUT2D eigenvalue weighted by Crippen LogP contribution is -2.47. The lowest BCUT2D eigenvalue weighted by Gasteiger charge is -2.24. The number of benzene rings is 2. The number of amides is 2. The summed E-state index contributed by atoms with van der Waals surface area (Å²) in [5.41, 5.74) is 4.12. The predicted molar refractivity (Wildman–Crippen MR) is 133 cm³/mol. The minimum Gasteiger partial charge on any atom is -0.380 e. The van der Waals surface area contributed by atoms with Gasteiger partial charge in [-0.3, -0.25) is 9.59 Å². The molecule has 1 aromatic heterocycles. The van der Waals surface area contributed by atoms with Crippen molar-refractivity contribution in [2.24, 2.45) is 0 Å². The summed E-state index contributed by atoms with van der Waals surface area (Å²) in [6, 6.07) is 15.5. The molecule has 0 saturated carbocycles. The van der Waals surface area contributed by atoms with Gasteiger partial charge in [0.15, 0.2) is 0 Å². The van der Waals surface area contributed by atoms with Gasteiger partial charge in [-0.25, -0.2) is 9.67 Å². The zero-order valence-corrected chi connectivity index (χ0v) is 20.1.